The number of hydrogen-bond donors (Lipinski definition) is 2. The lowest BCUT2D eigenvalue weighted by Crippen LogP contribution is -1.92. The second kappa shape index (κ2) is 5.75. The third-order valence-electron chi connectivity index (χ3n) is 3.95. The van der Waals surface area contributed by atoms with Crippen molar-refractivity contribution in [3.8, 4) is 22.4 Å². The van der Waals surface area contributed by atoms with Crippen LogP contribution in [0.3, 0.4) is 0 Å². The van der Waals surface area contributed by atoms with Gasteiger partial charge in [0.2, 0.25) is 5.88 Å². The zero-order valence-corrected chi connectivity index (χ0v) is 13.6. The third kappa shape index (κ3) is 2.47. The second-order valence-corrected chi connectivity index (χ2v) is 5.88. The Morgan fingerprint density at radius 1 is 1.08 bits per heavy atom. The van der Waals surface area contributed by atoms with E-state index in [0.717, 1.165) is 5.56 Å². The van der Waals surface area contributed by atoms with Gasteiger partial charge in [-0.1, -0.05) is 17.7 Å². The van der Waals surface area contributed by atoms with Crippen molar-refractivity contribution in [2.75, 3.05) is 11.5 Å². The molecule has 4 N–H and O–H groups in total. The smallest absolute Gasteiger partial charge is 0.215 e. The summed E-state index contributed by atoms with van der Waals surface area (Å²) in [5, 5.41) is 0.617. The first-order valence-corrected chi connectivity index (χ1v) is 7.76. The number of fused-ring (bicyclic) bond motifs is 1. The fourth-order valence-electron chi connectivity index (χ4n) is 2.74. The van der Waals surface area contributed by atoms with Gasteiger partial charge in [0, 0.05) is 29.7 Å². The summed E-state index contributed by atoms with van der Waals surface area (Å²) in [5.74, 6) is -0.399. The van der Waals surface area contributed by atoms with Gasteiger partial charge in [-0.15, -0.1) is 0 Å². The maximum Gasteiger partial charge on any atom is 0.215 e. The molecule has 0 amide bonds. The number of pyridine rings is 2. The minimum absolute atomic E-state index is 0.0111. The standard InChI is InChI=1S/C18H12ClFN4O/c19-12-6-9(3-4-13(12)20)11-8-24-16(10-2-1-5-23-7-10)17-14(11)15(21)18(22)25-17/h1-8H,21-22H2. The van der Waals surface area contributed by atoms with Gasteiger partial charge in [0.1, 0.15) is 17.2 Å². The molecule has 25 heavy (non-hydrogen) atoms. The van der Waals surface area contributed by atoms with Gasteiger partial charge in [-0.3, -0.25) is 9.97 Å². The Balaban J connectivity index is 2.03. The van der Waals surface area contributed by atoms with Gasteiger partial charge in [-0.25, -0.2) is 4.39 Å². The molecule has 4 rings (SSSR count). The fourth-order valence-corrected chi connectivity index (χ4v) is 2.92. The van der Waals surface area contributed by atoms with Crippen molar-refractivity contribution < 1.29 is 8.81 Å². The molecule has 124 valence electrons. The van der Waals surface area contributed by atoms with E-state index in [1.165, 1.54) is 12.1 Å². The van der Waals surface area contributed by atoms with Crippen LogP contribution in [-0.2, 0) is 0 Å². The van der Waals surface area contributed by atoms with E-state index in [9.17, 15) is 4.39 Å². The van der Waals surface area contributed by atoms with Crippen molar-refractivity contribution in [3.63, 3.8) is 0 Å². The lowest BCUT2D eigenvalue weighted by molar-refractivity contribution is 0.628. The number of nitrogens with two attached hydrogens (primary N) is 2. The molecule has 1 aromatic carbocycles. The average Bonchev–Trinajstić information content (AvgIpc) is 2.93. The summed E-state index contributed by atoms with van der Waals surface area (Å²) >= 11 is 5.90. The molecule has 7 heteroatoms. The first kappa shape index (κ1) is 15.4. The van der Waals surface area contributed by atoms with E-state index < -0.39 is 5.82 Å². The first-order valence-electron chi connectivity index (χ1n) is 7.38. The van der Waals surface area contributed by atoms with Gasteiger partial charge < -0.3 is 15.9 Å². The molecule has 3 heterocycles. The van der Waals surface area contributed by atoms with E-state index in [2.05, 4.69) is 9.97 Å². The lowest BCUT2D eigenvalue weighted by atomic mass is 10.0. The van der Waals surface area contributed by atoms with Crippen LogP contribution in [0.1, 0.15) is 0 Å². The number of nitrogens with zero attached hydrogens (tertiary/aromatic N) is 2. The Bertz CT molecular complexity index is 1100. The molecular weight excluding hydrogens is 343 g/mol. The summed E-state index contributed by atoms with van der Waals surface area (Å²) in [6, 6.07) is 8.06. The quantitative estimate of drug-likeness (QED) is 0.552. The molecule has 0 saturated heterocycles. The molecule has 0 unspecified atom stereocenters. The van der Waals surface area contributed by atoms with Crippen molar-refractivity contribution in [1.82, 2.24) is 9.97 Å². The van der Waals surface area contributed by atoms with Crippen molar-refractivity contribution in [3.05, 3.63) is 59.8 Å². The van der Waals surface area contributed by atoms with E-state index in [1.807, 2.05) is 6.07 Å². The van der Waals surface area contributed by atoms with Crippen LogP contribution in [0, 0.1) is 5.82 Å². The van der Waals surface area contributed by atoms with Crippen LogP contribution < -0.4 is 11.5 Å². The van der Waals surface area contributed by atoms with Crippen LogP contribution in [0.2, 0.25) is 5.02 Å². The number of aromatic nitrogens is 2. The van der Waals surface area contributed by atoms with E-state index in [0.29, 0.717) is 33.5 Å². The Hall–Kier alpha value is -3.12. The molecule has 0 aliphatic heterocycles. The van der Waals surface area contributed by atoms with Crippen LogP contribution in [0.25, 0.3) is 33.4 Å². The number of halogens is 2. The van der Waals surface area contributed by atoms with E-state index in [-0.39, 0.29) is 10.9 Å². The third-order valence-corrected chi connectivity index (χ3v) is 4.24. The minimum atomic E-state index is -0.499. The molecule has 0 radical (unpaired) electrons. The topological polar surface area (TPSA) is 91.0 Å². The molecule has 0 spiro atoms. The van der Waals surface area contributed by atoms with Crippen molar-refractivity contribution >= 4 is 34.1 Å². The summed E-state index contributed by atoms with van der Waals surface area (Å²) < 4.78 is 19.1. The Kier molecular flexibility index (Phi) is 3.54. The Morgan fingerprint density at radius 2 is 1.92 bits per heavy atom. The number of anilines is 2. The molecule has 0 saturated carbocycles. The van der Waals surface area contributed by atoms with E-state index in [1.54, 1.807) is 30.7 Å². The lowest BCUT2D eigenvalue weighted by Gasteiger charge is -2.08. The molecule has 3 aromatic heterocycles. The monoisotopic (exact) mass is 354 g/mol. The van der Waals surface area contributed by atoms with E-state index >= 15 is 0 Å². The van der Waals surface area contributed by atoms with Gasteiger partial charge in [-0.2, -0.15) is 0 Å². The van der Waals surface area contributed by atoms with Crippen LogP contribution in [0.4, 0.5) is 16.0 Å². The summed E-state index contributed by atoms with van der Waals surface area (Å²) in [5.41, 5.74) is 15.4. The maximum absolute atomic E-state index is 13.5. The van der Waals surface area contributed by atoms with Crippen molar-refractivity contribution in [1.29, 1.82) is 0 Å². The summed E-state index contributed by atoms with van der Waals surface area (Å²) in [6.07, 6.45) is 4.98. The largest absolute Gasteiger partial charge is 0.436 e. The van der Waals surface area contributed by atoms with E-state index in [4.69, 9.17) is 27.5 Å². The molecule has 0 aliphatic carbocycles. The molecule has 0 atom stereocenters. The van der Waals surface area contributed by atoms with Crippen LogP contribution in [-0.4, -0.2) is 9.97 Å². The van der Waals surface area contributed by atoms with Crippen LogP contribution in [0.5, 0.6) is 0 Å². The zero-order chi connectivity index (χ0) is 17.6. The van der Waals surface area contributed by atoms with Crippen molar-refractivity contribution in [2.24, 2.45) is 0 Å². The number of nitrogen functional groups attached to an aromatic ring is 2. The molecule has 4 aromatic rings. The minimum Gasteiger partial charge on any atom is -0.436 e. The highest BCUT2D eigenvalue weighted by atomic mass is 35.5. The maximum atomic E-state index is 13.5. The molecule has 0 bridgehead atoms. The summed E-state index contributed by atoms with van der Waals surface area (Å²) in [6.45, 7) is 0. The molecule has 0 fully saturated rings. The normalized spacial score (nSPS) is 11.1. The van der Waals surface area contributed by atoms with Gasteiger partial charge in [0.25, 0.3) is 0 Å². The zero-order valence-electron chi connectivity index (χ0n) is 12.8. The molecule has 0 aliphatic rings. The van der Waals surface area contributed by atoms with Crippen LogP contribution in [0.15, 0.2) is 53.3 Å². The SMILES string of the molecule is Nc1oc2c(-c3cccnc3)ncc(-c3ccc(F)c(Cl)c3)c2c1N. The Morgan fingerprint density at radius 3 is 2.64 bits per heavy atom. The van der Waals surface area contributed by atoms with Gasteiger partial charge in [-0.05, 0) is 29.8 Å². The number of benzene rings is 1. The van der Waals surface area contributed by atoms with Gasteiger partial charge >= 0.3 is 0 Å². The van der Waals surface area contributed by atoms with Gasteiger partial charge in [0.05, 0.1) is 10.4 Å². The molecular formula is C18H12ClFN4O. The molecule has 5 nitrogen and oxygen atoms in total. The highest BCUT2D eigenvalue weighted by Crippen LogP contribution is 2.41. The highest BCUT2D eigenvalue weighted by molar-refractivity contribution is 6.31. The fraction of sp³-hybridized carbons (Fsp3) is 0. The first-order chi connectivity index (χ1) is 12.1. The average molecular weight is 355 g/mol. The second-order valence-electron chi connectivity index (χ2n) is 5.48. The predicted octanol–water partition coefficient (Wildman–Crippen LogP) is 4.51. The number of rotatable bonds is 2. The number of hydrogen-bond acceptors (Lipinski definition) is 5. The highest BCUT2D eigenvalue weighted by Gasteiger charge is 2.20. The summed E-state index contributed by atoms with van der Waals surface area (Å²) in [4.78, 5) is 8.57. The Labute approximate surface area is 147 Å². The number of furan rings is 1. The van der Waals surface area contributed by atoms with Crippen LogP contribution >= 0.6 is 11.6 Å². The van der Waals surface area contributed by atoms with Crippen molar-refractivity contribution in [2.45, 2.75) is 0 Å². The predicted molar refractivity (Wildman–Crippen MR) is 96.5 cm³/mol. The van der Waals surface area contributed by atoms with Gasteiger partial charge in [0.15, 0.2) is 5.58 Å². The summed E-state index contributed by atoms with van der Waals surface area (Å²) in [7, 11) is 0.